The molecule has 0 radical (unpaired) electrons. The third-order valence-corrected chi connectivity index (χ3v) is 3.68. The molecule has 1 aromatic heterocycles. The van der Waals surface area contributed by atoms with Crippen LogP contribution >= 0.6 is 11.6 Å². The van der Waals surface area contributed by atoms with Gasteiger partial charge in [0, 0.05) is 12.6 Å². The first-order valence-corrected chi connectivity index (χ1v) is 6.63. The maximum absolute atomic E-state index is 9.03. The number of fused-ring (bicyclic) bond motifs is 1. The number of imidazole rings is 1. The van der Waals surface area contributed by atoms with Crippen molar-refractivity contribution in [1.29, 1.82) is 0 Å². The Hall–Kier alpha value is -1.10. The summed E-state index contributed by atoms with van der Waals surface area (Å²) in [7, 11) is 0. The van der Waals surface area contributed by atoms with Crippen LogP contribution in [-0.2, 0) is 0 Å². The number of rotatable bonds is 4. The quantitative estimate of drug-likeness (QED) is 0.892. The lowest BCUT2D eigenvalue weighted by molar-refractivity contribution is 0.273. The van der Waals surface area contributed by atoms with Crippen molar-refractivity contribution in [2.75, 3.05) is 6.61 Å². The van der Waals surface area contributed by atoms with E-state index in [1.54, 1.807) is 0 Å². The molecule has 2 aromatic rings. The maximum atomic E-state index is 9.03. The van der Waals surface area contributed by atoms with E-state index in [1.165, 1.54) is 0 Å². The highest BCUT2D eigenvalue weighted by Gasteiger charge is 2.30. The fourth-order valence-corrected chi connectivity index (χ4v) is 2.62. The topological polar surface area (TPSA) is 64.1 Å². The predicted molar refractivity (Wildman–Crippen MR) is 71.6 cm³/mol. The molecule has 1 atom stereocenters. The Morgan fingerprint density at radius 1 is 1.50 bits per heavy atom. The molecule has 5 heteroatoms. The van der Waals surface area contributed by atoms with Gasteiger partial charge in [0.2, 0.25) is 0 Å². The zero-order valence-corrected chi connectivity index (χ0v) is 10.8. The average molecular weight is 266 g/mol. The van der Waals surface area contributed by atoms with E-state index in [0.29, 0.717) is 17.5 Å². The highest BCUT2D eigenvalue weighted by Crippen LogP contribution is 2.41. The lowest BCUT2D eigenvalue weighted by atomic mass is 10.2. The van der Waals surface area contributed by atoms with Crippen LogP contribution in [0.25, 0.3) is 11.0 Å². The van der Waals surface area contributed by atoms with Crippen molar-refractivity contribution in [3.63, 3.8) is 0 Å². The molecular formula is C13H16ClN3O. The van der Waals surface area contributed by atoms with Crippen LogP contribution in [0, 0.1) is 0 Å². The number of para-hydroxylation sites is 1. The van der Waals surface area contributed by atoms with Crippen LogP contribution in [-0.4, -0.2) is 21.3 Å². The molecule has 1 fully saturated rings. The first kappa shape index (κ1) is 12.0. The predicted octanol–water partition coefficient (Wildman–Crippen LogP) is 2.41. The molecule has 0 bridgehead atoms. The molecule has 0 spiro atoms. The largest absolute Gasteiger partial charge is 0.396 e. The van der Waals surface area contributed by atoms with Crippen molar-refractivity contribution in [3.05, 3.63) is 29.0 Å². The lowest BCUT2D eigenvalue weighted by Crippen LogP contribution is -2.17. The molecule has 96 valence electrons. The summed E-state index contributed by atoms with van der Waals surface area (Å²) in [6, 6.07) is 5.96. The van der Waals surface area contributed by atoms with Gasteiger partial charge in [-0.25, -0.2) is 4.98 Å². The third kappa shape index (κ3) is 1.90. The van der Waals surface area contributed by atoms with Crippen molar-refractivity contribution in [1.82, 2.24) is 9.55 Å². The van der Waals surface area contributed by atoms with Crippen LogP contribution in [0.2, 0.25) is 5.02 Å². The SMILES string of the molecule is NC(CCO)c1nc2cccc(Cl)c2n1C1CC1. The zero-order valence-electron chi connectivity index (χ0n) is 10.0. The molecule has 1 aromatic carbocycles. The van der Waals surface area contributed by atoms with E-state index in [4.69, 9.17) is 22.4 Å². The van der Waals surface area contributed by atoms with Gasteiger partial charge in [0.05, 0.1) is 22.1 Å². The minimum Gasteiger partial charge on any atom is -0.396 e. The van der Waals surface area contributed by atoms with Crippen molar-refractivity contribution in [2.24, 2.45) is 5.73 Å². The highest BCUT2D eigenvalue weighted by molar-refractivity contribution is 6.35. The minimum absolute atomic E-state index is 0.0722. The Bertz CT molecular complexity index is 577. The second-order valence-corrected chi connectivity index (χ2v) is 5.20. The van der Waals surface area contributed by atoms with Gasteiger partial charge in [-0.15, -0.1) is 0 Å². The highest BCUT2D eigenvalue weighted by atomic mass is 35.5. The van der Waals surface area contributed by atoms with Crippen molar-refractivity contribution in [2.45, 2.75) is 31.3 Å². The summed E-state index contributed by atoms with van der Waals surface area (Å²) in [5.74, 6) is 0.842. The second kappa shape index (κ2) is 4.53. The normalized spacial score (nSPS) is 17.3. The molecule has 3 rings (SSSR count). The Balaban J connectivity index is 2.18. The van der Waals surface area contributed by atoms with E-state index in [2.05, 4.69) is 9.55 Å². The average Bonchev–Trinajstić information content (AvgIpc) is 3.10. The summed E-state index contributed by atoms with van der Waals surface area (Å²) in [5.41, 5.74) is 7.96. The summed E-state index contributed by atoms with van der Waals surface area (Å²) >= 11 is 6.28. The number of aliphatic hydroxyl groups is 1. The number of hydrogen-bond donors (Lipinski definition) is 2. The molecular weight excluding hydrogens is 250 g/mol. The van der Waals surface area contributed by atoms with E-state index in [0.717, 1.165) is 29.7 Å². The molecule has 18 heavy (non-hydrogen) atoms. The van der Waals surface area contributed by atoms with Crippen molar-refractivity contribution < 1.29 is 5.11 Å². The molecule has 1 aliphatic carbocycles. The number of aliphatic hydroxyl groups excluding tert-OH is 1. The van der Waals surface area contributed by atoms with E-state index in [9.17, 15) is 0 Å². The van der Waals surface area contributed by atoms with E-state index in [-0.39, 0.29) is 12.6 Å². The van der Waals surface area contributed by atoms with E-state index >= 15 is 0 Å². The second-order valence-electron chi connectivity index (χ2n) is 4.80. The minimum atomic E-state index is -0.237. The van der Waals surface area contributed by atoms with Gasteiger partial charge in [0.15, 0.2) is 0 Å². The van der Waals surface area contributed by atoms with Gasteiger partial charge in [-0.3, -0.25) is 0 Å². The van der Waals surface area contributed by atoms with Crippen LogP contribution in [0.4, 0.5) is 0 Å². The number of hydrogen-bond acceptors (Lipinski definition) is 3. The van der Waals surface area contributed by atoms with E-state index < -0.39 is 0 Å². The summed E-state index contributed by atoms with van der Waals surface area (Å²) in [4.78, 5) is 4.60. The van der Waals surface area contributed by atoms with Gasteiger partial charge < -0.3 is 15.4 Å². The molecule has 3 N–H and O–H groups in total. The van der Waals surface area contributed by atoms with E-state index in [1.807, 2.05) is 18.2 Å². The molecule has 0 saturated heterocycles. The lowest BCUT2D eigenvalue weighted by Gasteiger charge is -2.13. The van der Waals surface area contributed by atoms with Crippen molar-refractivity contribution in [3.8, 4) is 0 Å². The molecule has 1 unspecified atom stereocenters. The van der Waals surface area contributed by atoms with Gasteiger partial charge in [0.1, 0.15) is 5.82 Å². The fourth-order valence-electron chi connectivity index (χ4n) is 2.36. The molecule has 1 aliphatic rings. The van der Waals surface area contributed by atoms with Gasteiger partial charge in [-0.1, -0.05) is 17.7 Å². The first-order valence-electron chi connectivity index (χ1n) is 6.25. The molecule has 0 amide bonds. The van der Waals surface area contributed by atoms with Gasteiger partial charge in [-0.2, -0.15) is 0 Å². The Labute approximate surface area is 110 Å². The summed E-state index contributed by atoms with van der Waals surface area (Å²) in [6.45, 7) is 0.0722. The van der Waals surface area contributed by atoms with Crippen LogP contribution in [0.3, 0.4) is 0 Å². The van der Waals surface area contributed by atoms with Crippen LogP contribution in [0.5, 0.6) is 0 Å². The number of aromatic nitrogens is 2. The fraction of sp³-hybridized carbons (Fsp3) is 0.462. The molecule has 4 nitrogen and oxygen atoms in total. The summed E-state index contributed by atoms with van der Waals surface area (Å²) in [6.07, 6.45) is 2.82. The standard InChI is InChI=1S/C13H16ClN3O/c14-9-2-1-3-11-12(9)17(8-4-5-8)13(16-11)10(15)6-7-18/h1-3,8,10,18H,4-7,15H2. The molecule has 0 aliphatic heterocycles. The molecule has 1 saturated carbocycles. The number of nitrogens with zero attached hydrogens (tertiary/aromatic N) is 2. The van der Waals surface area contributed by atoms with Gasteiger partial charge in [0.25, 0.3) is 0 Å². The molecule has 1 heterocycles. The van der Waals surface area contributed by atoms with Crippen LogP contribution < -0.4 is 5.73 Å². The van der Waals surface area contributed by atoms with Gasteiger partial charge in [-0.05, 0) is 31.4 Å². The summed E-state index contributed by atoms with van der Waals surface area (Å²) < 4.78 is 2.16. The smallest absolute Gasteiger partial charge is 0.127 e. The third-order valence-electron chi connectivity index (χ3n) is 3.37. The first-order chi connectivity index (χ1) is 8.72. The van der Waals surface area contributed by atoms with Crippen LogP contribution in [0.1, 0.15) is 37.2 Å². The van der Waals surface area contributed by atoms with Gasteiger partial charge >= 0.3 is 0 Å². The number of benzene rings is 1. The number of halogens is 1. The zero-order chi connectivity index (χ0) is 12.7. The van der Waals surface area contributed by atoms with Crippen molar-refractivity contribution >= 4 is 22.6 Å². The summed E-state index contributed by atoms with van der Waals surface area (Å²) in [5, 5.41) is 9.75. The Kier molecular flexibility index (Phi) is 3.01. The number of nitrogens with two attached hydrogens (primary N) is 1. The Morgan fingerprint density at radius 2 is 2.28 bits per heavy atom. The van der Waals surface area contributed by atoms with Crippen LogP contribution in [0.15, 0.2) is 18.2 Å². The Morgan fingerprint density at radius 3 is 2.94 bits per heavy atom. The monoisotopic (exact) mass is 265 g/mol. The maximum Gasteiger partial charge on any atom is 0.127 e.